The zero-order chi connectivity index (χ0) is 21.3. The standard InChI is InChI=1S/C23H21FN2O3S/c1-17-7-2-3-9-19(17)15-25-16-23(27)26(14-18-8-6-10-20(24)13-18)21-11-4-5-12-22(21)30(25,28)29/h2-13H,14-16H2,1H3. The first-order valence-corrected chi connectivity index (χ1v) is 11.0. The van der Waals surface area contributed by atoms with Crippen molar-refractivity contribution in [2.75, 3.05) is 11.4 Å². The Morgan fingerprint density at radius 2 is 1.67 bits per heavy atom. The Morgan fingerprint density at radius 3 is 2.43 bits per heavy atom. The van der Waals surface area contributed by atoms with E-state index in [2.05, 4.69) is 0 Å². The first-order valence-electron chi connectivity index (χ1n) is 9.55. The highest BCUT2D eigenvalue weighted by molar-refractivity contribution is 7.89. The molecule has 3 aromatic rings. The topological polar surface area (TPSA) is 57.7 Å². The molecule has 0 aromatic heterocycles. The lowest BCUT2D eigenvalue weighted by atomic mass is 10.1. The first-order chi connectivity index (χ1) is 14.4. The van der Waals surface area contributed by atoms with Gasteiger partial charge in [-0.1, -0.05) is 48.5 Å². The average Bonchev–Trinajstić information content (AvgIpc) is 2.79. The molecule has 0 fully saturated rings. The van der Waals surface area contributed by atoms with Crippen LogP contribution in [0.4, 0.5) is 10.1 Å². The Morgan fingerprint density at radius 1 is 0.933 bits per heavy atom. The van der Waals surface area contributed by atoms with E-state index in [1.165, 1.54) is 27.4 Å². The molecule has 7 heteroatoms. The number of amides is 1. The molecule has 30 heavy (non-hydrogen) atoms. The number of halogens is 1. The summed E-state index contributed by atoms with van der Waals surface area (Å²) in [5, 5.41) is 0. The molecule has 0 atom stereocenters. The van der Waals surface area contributed by atoms with Gasteiger partial charge in [-0.25, -0.2) is 12.8 Å². The van der Waals surface area contributed by atoms with E-state index in [1.807, 2.05) is 31.2 Å². The van der Waals surface area contributed by atoms with Crippen LogP contribution >= 0.6 is 0 Å². The van der Waals surface area contributed by atoms with E-state index < -0.39 is 15.8 Å². The maximum absolute atomic E-state index is 13.7. The zero-order valence-corrected chi connectivity index (χ0v) is 17.3. The fraction of sp³-hybridized carbons (Fsp3) is 0.174. The quantitative estimate of drug-likeness (QED) is 0.639. The van der Waals surface area contributed by atoms with E-state index >= 15 is 0 Å². The molecule has 0 N–H and O–H groups in total. The van der Waals surface area contributed by atoms with Gasteiger partial charge in [-0.15, -0.1) is 0 Å². The molecule has 1 aliphatic heterocycles. The highest BCUT2D eigenvalue weighted by Gasteiger charge is 2.36. The van der Waals surface area contributed by atoms with Crippen molar-refractivity contribution in [2.45, 2.75) is 24.9 Å². The molecule has 0 radical (unpaired) electrons. The minimum absolute atomic E-state index is 0.0702. The number of para-hydroxylation sites is 1. The Bertz CT molecular complexity index is 1210. The van der Waals surface area contributed by atoms with Crippen LogP contribution in [-0.4, -0.2) is 25.2 Å². The van der Waals surface area contributed by atoms with Crippen LogP contribution in [0.3, 0.4) is 0 Å². The summed E-state index contributed by atoms with van der Waals surface area (Å²) >= 11 is 0. The normalized spacial score (nSPS) is 16.2. The van der Waals surface area contributed by atoms with Crippen molar-refractivity contribution in [3.8, 4) is 0 Å². The maximum atomic E-state index is 13.7. The summed E-state index contributed by atoms with van der Waals surface area (Å²) in [5.41, 5.74) is 2.68. The maximum Gasteiger partial charge on any atom is 0.245 e. The number of fused-ring (bicyclic) bond motifs is 1. The minimum Gasteiger partial charge on any atom is -0.305 e. The number of anilines is 1. The third-order valence-corrected chi connectivity index (χ3v) is 7.06. The molecule has 0 saturated heterocycles. The Hall–Kier alpha value is -3.03. The minimum atomic E-state index is -3.90. The summed E-state index contributed by atoms with van der Waals surface area (Å²) in [7, 11) is -3.90. The monoisotopic (exact) mass is 424 g/mol. The summed E-state index contributed by atoms with van der Waals surface area (Å²) < 4.78 is 41.7. The van der Waals surface area contributed by atoms with Crippen LogP contribution in [0.1, 0.15) is 16.7 Å². The van der Waals surface area contributed by atoms with Crippen molar-refractivity contribution in [1.82, 2.24) is 4.31 Å². The number of sulfonamides is 1. The second-order valence-corrected chi connectivity index (χ2v) is 9.18. The highest BCUT2D eigenvalue weighted by atomic mass is 32.2. The van der Waals surface area contributed by atoms with Crippen molar-refractivity contribution in [3.63, 3.8) is 0 Å². The van der Waals surface area contributed by atoms with Gasteiger partial charge in [0.05, 0.1) is 18.8 Å². The molecule has 5 nitrogen and oxygen atoms in total. The van der Waals surface area contributed by atoms with Crippen molar-refractivity contribution < 1.29 is 17.6 Å². The number of hydrogen-bond donors (Lipinski definition) is 0. The molecule has 1 heterocycles. The second-order valence-electron chi connectivity index (χ2n) is 7.28. The Labute approximate surface area is 175 Å². The van der Waals surface area contributed by atoms with Crippen LogP contribution < -0.4 is 4.90 Å². The van der Waals surface area contributed by atoms with Gasteiger partial charge in [0.2, 0.25) is 15.9 Å². The fourth-order valence-electron chi connectivity index (χ4n) is 3.60. The van der Waals surface area contributed by atoms with Gasteiger partial charge < -0.3 is 4.90 Å². The molecule has 0 bridgehead atoms. The molecule has 1 amide bonds. The Kier molecular flexibility index (Phi) is 5.40. The SMILES string of the molecule is Cc1ccccc1CN1CC(=O)N(Cc2cccc(F)c2)c2ccccc2S1(=O)=O. The van der Waals surface area contributed by atoms with Gasteiger partial charge in [0.15, 0.2) is 0 Å². The molecule has 0 saturated carbocycles. The van der Waals surface area contributed by atoms with E-state index in [9.17, 15) is 17.6 Å². The number of nitrogens with zero attached hydrogens (tertiary/aromatic N) is 2. The lowest BCUT2D eigenvalue weighted by molar-refractivity contribution is -0.119. The summed E-state index contributed by atoms with van der Waals surface area (Å²) in [6.45, 7) is 1.80. The third-order valence-electron chi connectivity index (χ3n) is 5.22. The fourth-order valence-corrected chi connectivity index (χ4v) is 5.16. The van der Waals surface area contributed by atoms with E-state index in [1.54, 1.807) is 30.3 Å². The zero-order valence-electron chi connectivity index (χ0n) is 16.5. The van der Waals surface area contributed by atoms with Crippen molar-refractivity contribution in [2.24, 2.45) is 0 Å². The lowest BCUT2D eigenvalue weighted by Crippen LogP contribution is -2.38. The number of carbonyl (C=O) groups excluding carboxylic acids is 1. The van der Waals surface area contributed by atoms with Gasteiger partial charge in [0.25, 0.3) is 0 Å². The van der Waals surface area contributed by atoms with Gasteiger partial charge >= 0.3 is 0 Å². The predicted octanol–water partition coefficient (Wildman–Crippen LogP) is 3.87. The van der Waals surface area contributed by atoms with Crippen LogP contribution in [0.5, 0.6) is 0 Å². The van der Waals surface area contributed by atoms with Crippen molar-refractivity contribution >= 4 is 21.6 Å². The van der Waals surface area contributed by atoms with Gasteiger partial charge in [0.1, 0.15) is 10.7 Å². The molecule has 154 valence electrons. The molecule has 0 unspecified atom stereocenters. The molecule has 1 aliphatic rings. The van der Waals surface area contributed by atoms with Crippen LogP contribution in [0.15, 0.2) is 77.7 Å². The van der Waals surface area contributed by atoms with Gasteiger partial charge in [0, 0.05) is 6.54 Å². The number of rotatable bonds is 4. The van der Waals surface area contributed by atoms with Gasteiger partial charge in [-0.3, -0.25) is 4.79 Å². The summed E-state index contributed by atoms with van der Waals surface area (Å²) in [4.78, 5) is 14.7. The van der Waals surface area contributed by atoms with E-state index in [0.717, 1.165) is 11.1 Å². The number of benzene rings is 3. The van der Waals surface area contributed by atoms with Crippen LogP contribution in [0.25, 0.3) is 0 Å². The van der Waals surface area contributed by atoms with Crippen LogP contribution in [0.2, 0.25) is 0 Å². The molecule has 4 rings (SSSR count). The largest absolute Gasteiger partial charge is 0.305 e. The second kappa shape index (κ2) is 8.01. The van der Waals surface area contributed by atoms with Crippen molar-refractivity contribution in [1.29, 1.82) is 0 Å². The molecule has 3 aromatic carbocycles. The van der Waals surface area contributed by atoms with Crippen molar-refractivity contribution in [3.05, 3.63) is 95.3 Å². The summed E-state index contributed by atoms with van der Waals surface area (Å²) in [6.07, 6.45) is 0. The van der Waals surface area contributed by atoms with Gasteiger partial charge in [-0.05, 0) is 47.9 Å². The average molecular weight is 424 g/mol. The summed E-state index contributed by atoms with van der Waals surface area (Å²) in [5.74, 6) is -0.766. The summed E-state index contributed by atoms with van der Waals surface area (Å²) in [6, 6.07) is 19.9. The van der Waals surface area contributed by atoms with E-state index in [0.29, 0.717) is 11.3 Å². The third kappa shape index (κ3) is 3.86. The smallest absolute Gasteiger partial charge is 0.245 e. The molecular weight excluding hydrogens is 403 g/mol. The number of hydrogen-bond acceptors (Lipinski definition) is 3. The van der Waals surface area contributed by atoms with Gasteiger partial charge in [-0.2, -0.15) is 4.31 Å². The van der Waals surface area contributed by atoms with Crippen LogP contribution in [0, 0.1) is 12.7 Å². The molecular formula is C23H21FN2O3S. The first kappa shape index (κ1) is 20.3. The predicted molar refractivity (Wildman–Crippen MR) is 113 cm³/mol. The highest BCUT2D eigenvalue weighted by Crippen LogP contribution is 2.33. The number of aryl methyl sites for hydroxylation is 1. The molecule has 0 spiro atoms. The van der Waals surface area contributed by atoms with E-state index in [-0.39, 0.29) is 30.4 Å². The van der Waals surface area contributed by atoms with E-state index in [4.69, 9.17) is 0 Å². The molecule has 0 aliphatic carbocycles. The Balaban J connectivity index is 1.76. The van der Waals surface area contributed by atoms with Crippen LogP contribution in [-0.2, 0) is 27.9 Å². The number of carbonyl (C=O) groups is 1. The lowest BCUT2D eigenvalue weighted by Gasteiger charge is -2.22.